The number of aryl methyl sites for hydroxylation is 8. The van der Waals surface area contributed by atoms with Gasteiger partial charge in [0.05, 0.1) is 52.6 Å². The first-order valence-electron chi connectivity index (χ1n) is 43.7. The van der Waals surface area contributed by atoms with E-state index in [2.05, 4.69) is 311 Å². The van der Waals surface area contributed by atoms with Crippen molar-refractivity contribution in [2.75, 3.05) is 0 Å². The molecule has 0 N–H and O–H groups in total. The maximum absolute atomic E-state index is 10.2. The van der Waals surface area contributed by atoms with Gasteiger partial charge in [-0.3, -0.25) is 0 Å². The smallest absolute Gasteiger partial charge is 0.229 e. The summed E-state index contributed by atoms with van der Waals surface area (Å²) in [5.41, 5.74) is 35.6. The van der Waals surface area contributed by atoms with Gasteiger partial charge in [0, 0.05) is 97.2 Å². The van der Waals surface area contributed by atoms with E-state index in [1.54, 1.807) is 0 Å². The molecule has 0 aliphatic heterocycles. The molecule has 12 heteroatoms. The molecule has 0 fully saturated rings. The van der Waals surface area contributed by atoms with Gasteiger partial charge in [0.2, 0.25) is 28.5 Å². The molecule has 20 rings (SSSR count). The van der Waals surface area contributed by atoms with Crippen LogP contribution >= 0.6 is 0 Å². The molecule has 0 saturated heterocycles. The number of fused-ring (bicyclic) bond motifs is 12. The van der Waals surface area contributed by atoms with Crippen molar-refractivity contribution in [3.8, 4) is 102 Å². The molecule has 20 aromatic rings. The lowest BCUT2D eigenvalue weighted by molar-refractivity contribution is -0.660. The zero-order valence-corrected chi connectivity index (χ0v) is 75.2. The van der Waals surface area contributed by atoms with E-state index in [9.17, 15) is 10.5 Å². The fourth-order valence-corrected chi connectivity index (χ4v) is 18.0. The average Bonchev–Trinajstić information content (AvgIpc) is 1.61. The van der Waals surface area contributed by atoms with Gasteiger partial charge in [-0.2, -0.15) is 10.5 Å². The summed E-state index contributed by atoms with van der Waals surface area (Å²) in [6.07, 6.45) is 8.16. The molecular weight excluding hydrogens is 1570 g/mol. The standard InChI is InChI=1S/4C29H25N2O/c1-18(2)20-10-12-21(13-11-20)22-15-16-24(30-4)29-27(22)23-14-9-19(3)26(28(23)32-29)25-8-6-7-17-31(25)5;1-18(2)20-10-12-21(13-11-20)24-16-22(30-4)17-26-28(24)23-14-9-19(3)27(29(23)32-26)25-8-6-7-15-31(25)5;1-18(2)20-9-11-21(12-10-20)22-14-15-26-28(24(22)17-30)23-13-8-19(3)27(29(23)32-26)25-7-5-6-16-31(25)4;1-18(2)20-8-10-21(11-9-20)22-12-13-26-24(16-22)28-23(17-30)15-19(3)27(29(28)32-26)25-7-5-6-14-31(25)4/h2*6-18H,1-3,5H3;2*5-16,18H,1-4H3/q4*+1. The van der Waals surface area contributed by atoms with Gasteiger partial charge in [-0.05, 0) is 202 Å². The van der Waals surface area contributed by atoms with Gasteiger partial charge in [-0.15, -0.1) is 0 Å². The van der Waals surface area contributed by atoms with E-state index in [-0.39, 0.29) is 0 Å². The summed E-state index contributed by atoms with van der Waals surface area (Å²) in [4.78, 5) is 7.48. The lowest BCUT2D eigenvalue weighted by Gasteiger charge is -2.09. The van der Waals surface area contributed by atoms with Crippen LogP contribution in [0.1, 0.15) is 135 Å². The Hall–Kier alpha value is -15.6. The lowest BCUT2D eigenvalue weighted by Crippen LogP contribution is -2.30. The Balaban J connectivity index is 0.000000120. The third kappa shape index (κ3) is 15.7. The van der Waals surface area contributed by atoms with Crippen molar-refractivity contribution in [3.05, 3.63) is 370 Å². The summed E-state index contributed by atoms with van der Waals surface area (Å²) < 4.78 is 34.2. The van der Waals surface area contributed by atoms with Crippen LogP contribution in [0.25, 0.3) is 187 Å². The molecule has 0 bridgehead atoms. The highest BCUT2D eigenvalue weighted by molar-refractivity contribution is 6.20. The molecule has 12 nitrogen and oxygen atoms in total. The van der Waals surface area contributed by atoms with Crippen molar-refractivity contribution >= 4 is 99.1 Å². The van der Waals surface area contributed by atoms with Crippen LogP contribution in [-0.2, 0) is 28.2 Å². The van der Waals surface area contributed by atoms with E-state index in [0.29, 0.717) is 51.8 Å². The number of nitrogens with zero attached hydrogens (tertiary/aromatic N) is 8. The first-order valence-corrected chi connectivity index (χ1v) is 43.7. The van der Waals surface area contributed by atoms with Crippen LogP contribution in [0.4, 0.5) is 11.4 Å². The minimum absolute atomic E-state index is 0.473. The van der Waals surface area contributed by atoms with Crippen LogP contribution in [-0.4, -0.2) is 0 Å². The third-order valence-electron chi connectivity index (χ3n) is 25.2. The van der Waals surface area contributed by atoms with Crippen molar-refractivity contribution in [1.29, 1.82) is 10.5 Å². The second-order valence-corrected chi connectivity index (χ2v) is 34.7. The van der Waals surface area contributed by atoms with Crippen LogP contribution in [0, 0.1) is 63.5 Å². The Morgan fingerprint density at radius 2 is 0.688 bits per heavy atom. The summed E-state index contributed by atoms with van der Waals surface area (Å²) in [6.45, 7) is 41.3. The Kier molecular flexibility index (Phi) is 23.3. The molecule has 0 atom stereocenters. The van der Waals surface area contributed by atoms with Gasteiger partial charge in [-0.1, -0.05) is 207 Å². The van der Waals surface area contributed by atoms with Gasteiger partial charge in [0.25, 0.3) is 0 Å². The molecule has 128 heavy (non-hydrogen) atoms. The Bertz CT molecular complexity index is 7940. The summed E-state index contributed by atoms with van der Waals surface area (Å²) in [5.74, 6) is 1.94. The molecule has 8 aromatic heterocycles. The largest absolute Gasteiger partial charge is 0.466 e. The highest BCUT2D eigenvalue weighted by atomic mass is 16.3. The number of benzene rings is 12. The van der Waals surface area contributed by atoms with Crippen LogP contribution in [0.5, 0.6) is 0 Å². The second kappa shape index (κ2) is 35.2. The highest BCUT2D eigenvalue weighted by Crippen LogP contribution is 2.49. The van der Waals surface area contributed by atoms with E-state index in [4.69, 9.17) is 30.8 Å². The van der Waals surface area contributed by atoms with Gasteiger partial charge in [0.1, 0.15) is 73.3 Å². The zero-order valence-electron chi connectivity index (χ0n) is 75.2. The summed E-state index contributed by atoms with van der Waals surface area (Å²) in [5, 5.41) is 28.0. The summed E-state index contributed by atoms with van der Waals surface area (Å²) in [7, 11) is 8.16. The first-order chi connectivity index (χ1) is 61.9. The van der Waals surface area contributed by atoms with Crippen molar-refractivity contribution in [2.24, 2.45) is 28.2 Å². The molecule has 624 valence electrons. The number of rotatable bonds is 12. The number of aromatic nitrogens is 4. The van der Waals surface area contributed by atoms with Gasteiger partial charge >= 0.3 is 0 Å². The van der Waals surface area contributed by atoms with E-state index in [1.807, 2.05) is 132 Å². The molecule has 0 aliphatic carbocycles. The summed E-state index contributed by atoms with van der Waals surface area (Å²) >= 11 is 0. The van der Waals surface area contributed by atoms with E-state index < -0.39 is 0 Å². The fourth-order valence-electron chi connectivity index (χ4n) is 18.0. The van der Waals surface area contributed by atoms with Crippen LogP contribution in [0.3, 0.4) is 0 Å². The quantitative estimate of drug-likeness (QED) is 0.0886. The van der Waals surface area contributed by atoms with Crippen LogP contribution in [0.15, 0.2) is 309 Å². The predicted octanol–water partition coefficient (Wildman–Crippen LogP) is 29.6. The average molecular weight is 1670 g/mol. The Labute approximate surface area is 747 Å². The number of nitriles is 2. The molecular formula is C116H100N8O4+4. The molecule has 0 radical (unpaired) electrons. The summed E-state index contributed by atoms with van der Waals surface area (Å²) in [6, 6.07) is 96.9. The molecule has 0 amide bonds. The molecule has 12 aromatic carbocycles. The minimum Gasteiger partial charge on any atom is -0.466 e. The maximum atomic E-state index is 10.2. The Morgan fingerprint density at radius 1 is 0.297 bits per heavy atom. The molecule has 0 unspecified atom stereocenters. The highest BCUT2D eigenvalue weighted by Gasteiger charge is 2.29. The van der Waals surface area contributed by atoms with Crippen molar-refractivity contribution < 1.29 is 35.9 Å². The van der Waals surface area contributed by atoms with Crippen molar-refractivity contribution in [1.82, 2.24) is 0 Å². The van der Waals surface area contributed by atoms with Crippen LogP contribution < -0.4 is 18.3 Å². The van der Waals surface area contributed by atoms with Crippen LogP contribution in [0.2, 0.25) is 0 Å². The molecule has 0 aliphatic rings. The number of hydrogen-bond acceptors (Lipinski definition) is 6. The minimum atomic E-state index is 0.473. The lowest BCUT2D eigenvalue weighted by atomic mass is 9.93. The second-order valence-electron chi connectivity index (χ2n) is 34.7. The normalized spacial score (nSPS) is 11.4. The topological polar surface area (TPSA) is 124 Å². The predicted molar refractivity (Wildman–Crippen MR) is 520 cm³/mol. The number of pyridine rings is 4. The first kappa shape index (κ1) is 84.6. The van der Waals surface area contributed by atoms with E-state index in [0.717, 1.165) is 194 Å². The molecule has 0 spiro atoms. The number of hydrogen-bond donors (Lipinski definition) is 0. The van der Waals surface area contributed by atoms with E-state index >= 15 is 0 Å². The van der Waals surface area contributed by atoms with Gasteiger partial charge < -0.3 is 17.7 Å². The van der Waals surface area contributed by atoms with E-state index in [1.165, 1.54) is 22.3 Å². The van der Waals surface area contributed by atoms with Gasteiger partial charge in [-0.25, -0.2) is 28.0 Å². The molecule has 0 saturated carbocycles. The van der Waals surface area contributed by atoms with Crippen molar-refractivity contribution in [2.45, 2.75) is 107 Å². The van der Waals surface area contributed by atoms with Gasteiger partial charge in [0.15, 0.2) is 36.1 Å². The monoisotopic (exact) mass is 1670 g/mol. The fraction of sp³-hybridized carbons (Fsp3) is 0.172. The van der Waals surface area contributed by atoms with Crippen molar-refractivity contribution in [3.63, 3.8) is 0 Å². The number of furan rings is 4. The third-order valence-corrected chi connectivity index (χ3v) is 25.2. The molecule has 8 heterocycles. The SMILES string of the molecule is Cc1cc(C#N)c2c(oc3ccc(-c4ccc(C(C)C)cc4)cc32)c1-c1cccc[n+]1C.Cc1ccc2c(oc3ccc(-c4ccc(C(C)C)cc4)c(C#N)c32)c1-c1cccc[n+]1C.[C-]#[N+]c1cc(-c2ccc(C(C)C)cc2)c2c(c1)oc1c(-c3cccc[n+]3C)c(C)ccc12.[C-]#[N+]c1ccc(-c2ccc(C(C)C)cc2)c2c1oc1c(-c3cccc[n+]3C)c(C)ccc12. The zero-order chi connectivity index (χ0) is 89.6. The maximum Gasteiger partial charge on any atom is 0.229 e. The Morgan fingerprint density at radius 3 is 1.12 bits per heavy atom.